The third kappa shape index (κ3) is 3.36. The summed E-state index contributed by atoms with van der Waals surface area (Å²) < 4.78 is 2.03. The van der Waals surface area contributed by atoms with Crippen LogP contribution in [0.4, 0.5) is 0 Å². The lowest BCUT2D eigenvalue weighted by atomic mass is 10.1. The van der Waals surface area contributed by atoms with E-state index in [1.807, 2.05) is 22.9 Å². The molecule has 0 aliphatic heterocycles. The summed E-state index contributed by atoms with van der Waals surface area (Å²) in [5.74, 6) is 0. The second-order valence-electron chi connectivity index (χ2n) is 3.66. The molecule has 0 aliphatic carbocycles. The summed E-state index contributed by atoms with van der Waals surface area (Å²) in [5.41, 5.74) is 0.792. The first-order valence-corrected chi connectivity index (χ1v) is 5.48. The van der Waals surface area contributed by atoms with E-state index in [2.05, 4.69) is 6.92 Å². The van der Waals surface area contributed by atoms with Gasteiger partial charge in [-0.05, 0) is 18.6 Å². The Bertz CT molecular complexity index is 265. The average molecular weight is 193 g/mol. The minimum absolute atomic E-state index is 0.792. The molecule has 0 fully saturated rings. The SMILES string of the molecule is CCCCCCCn1cccc1C=O. The molecule has 14 heavy (non-hydrogen) atoms. The Morgan fingerprint density at radius 3 is 2.79 bits per heavy atom. The van der Waals surface area contributed by atoms with E-state index in [-0.39, 0.29) is 0 Å². The van der Waals surface area contributed by atoms with Crippen molar-refractivity contribution in [1.29, 1.82) is 0 Å². The van der Waals surface area contributed by atoms with Gasteiger partial charge in [-0.1, -0.05) is 32.6 Å². The second-order valence-corrected chi connectivity index (χ2v) is 3.66. The lowest BCUT2D eigenvalue weighted by molar-refractivity contribution is 0.111. The third-order valence-electron chi connectivity index (χ3n) is 2.49. The van der Waals surface area contributed by atoms with Gasteiger partial charge in [0, 0.05) is 12.7 Å². The average Bonchev–Trinajstić information content (AvgIpc) is 2.65. The monoisotopic (exact) mass is 193 g/mol. The van der Waals surface area contributed by atoms with Crippen molar-refractivity contribution in [2.75, 3.05) is 0 Å². The molecule has 0 atom stereocenters. The first kappa shape index (κ1) is 11.0. The number of aryl methyl sites for hydroxylation is 1. The maximum atomic E-state index is 10.6. The topological polar surface area (TPSA) is 22.0 Å². The van der Waals surface area contributed by atoms with Gasteiger partial charge in [-0.2, -0.15) is 0 Å². The van der Waals surface area contributed by atoms with Crippen LogP contribution >= 0.6 is 0 Å². The lowest BCUT2D eigenvalue weighted by Gasteiger charge is -2.04. The van der Waals surface area contributed by atoms with E-state index in [4.69, 9.17) is 0 Å². The molecular formula is C12H19NO. The molecular weight excluding hydrogens is 174 g/mol. The van der Waals surface area contributed by atoms with E-state index in [1.165, 1.54) is 32.1 Å². The largest absolute Gasteiger partial charge is 0.345 e. The smallest absolute Gasteiger partial charge is 0.166 e. The van der Waals surface area contributed by atoms with Gasteiger partial charge in [0.15, 0.2) is 6.29 Å². The maximum Gasteiger partial charge on any atom is 0.166 e. The minimum atomic E-state index is 0.792. The van der Waals surface area contributed by atoms with Crippen LogP contribution in [0.15, 0.2) is 18.3 Å². The van der Waals surface area contributed by atoms with E-state index < -0.39 is 0 Å². The summed E-state index contributed by atoms with van der Waals surface area (Å²) >= 11 is 0. The predicted octanol–water partition coefficient (Wildman–Crippen LogP) is 3.27. The molecule has 0 amide bonds. The fraction of sp³-hybridized carbons (Fsp3) is 0.583. The van der Waals surface area contributed by atoms with E-state index in [1.54, 1.807) is 0 Å². The highest BCUT2D eigenvalue weighted by Gasteiger charge is 1.97. The number of hydrogen-bond acceptors (Lipinski definition) is 1. The van der Waals surface area contributed by atoms with Crippen LogP contribution in [0.2, 0.25) is 0 Å². The first-order valence-electron chi connectivity index (χ1n) is 5.48. The highest BCUT2D eigenvalue weighted by Crippen LogP contribution is 2.06. The van der Waals surface area contributed by atoms with Crippen molar-refractivity contribution in [2.24, 2.45) is 0 Å². The third-order valence-corrected chi connectivity index (χ3v) is 2.49. The fourth-order valence-electron chi connectivity index (χ4n) is 1.62. The van der Waals surface area contributed by atoms with Crippen molar-refractivity contribution < 1.29 is 4.79 Å². The van der Waals surface area contributed by atoms with Crippen molar-refractivity contribution in [3.63, 3.8) is 0 Å². The number of nitrogens with zero attached hydrogens (tertiary/aromatic N) is 1. The van der Waals surface area contributed by atoms with Crippen LogP contribution in [0.25, 0.3) is 0 Å². The Hall–Kier alpha value is -1.05. The Balaban J connectivity index is 2.21. The number of carbonyl (C=O) groups is 1. The fourth-order valence-corrected chi connectivity index (χ4v) is 1.62. The standard InChI is InChI=1S/C12H19NO/c1-2-3-4-5-6-9-13-10-7-8-12(13)11-14/h7-8,10-11H,2-6,9H2,1H3. The van der Waals surface area contributed by atoms with Crippen LogP contribution in [-0.2, 0) is 6.54 Å². The Morgan fingerprint density at radius 1 is 1.29 bits per heavy atom. The summed E-state index contributed by atoms with van der Waals surface area (Å²) in [5, 5.41) is 0. The molecule has 0 bridgehead atoms. The summed E-state index contributed by atoms with van der Waals surface area (Å²) in [6.07, 6.45) is 9.26. The van der Waals surface area contributed by atoms with Crippen molar-refractivity contribution >= 4 is 6.29 Å². The van der Waals surface area contributed by atoms with Gasteiger partial charge in [0.05, 0.1) is 5.69 Å². The molecule has 0 unspecified atom stereocenters. The molecule has 2 heteroatoms. The van der Waals surface area contributed by atoms with Gasteiger partial charge in [0.25, 0.3) is 0 Å². The van der Waals surface area contributed by atoms with Gasteiger partial charge >= 0.3 is 0 Å². The molecule has 0 saturated heterocycles. The molecule has 0 N–H and O–H groups in total. The molecule has 1 rings (SSSR count). The van der Waals surface area contributed by atoms with E-state index in [0.29, 0.717) is 0 Å². The molecule has 0 aromatic carbocycles. The summed E-state index contributed by atoms with van der Waals surface area (Å²) in [7, 11) is 0. The molecule has 0 saturated carbocycles. The Morgan fingerprint density at radius 2 is 2.07 bits per heavy atom. The number of carbonyl (C=O) groups excluding carboxylic acids is 1. The van der Waals surface area contributed by atoms with Crippen LogP contribution < -0.4 is 0 Å². The predicted molar refractivity (Wildman–Crippen MR) is 58.6 cm³/mol. The number of rotatable bonds is 7. The maximum absolute atomic E-state index is 10.6. The Kier molecular flexibility index (Phi) is 5.05. The summed E-state index contributed by atoms with van der Waals surface area (Å²) in [4.78, 5) is 10.6. The molecule has 1 aromatic heterocycles. The van der Waals surface area contributed by atoms with Gasteiger partial charge in [-0.25, -0.2) is 0 Å². The van der Waals surface area contributed by atoms with Crippen LogP contribution in [0.5, 0.6) is 0 Å². The highest BCUT2D eigenvalue weighted by atomic mass is 16.1. The van der Waals surface area contributed by atoms with Crippen molar-refractivity contribution in [3.8, 4) is 0 Å². The zero-order valence-electron chi connectivity index (χ0n) is 8.91. The zero-order valence-corrected chi connectivity index (χ0v) is 8.91. The van der Waals surface area contributed by atoms with Gasteiger partial charge in [0.1, 0.15) is 0 Å². The number of hydrogen-bond donors (Lipinski definition) is 0. The van der Waals surface area contributed by atoms with Gasteiger partial charge < -0.3 is 4.57 Å². The molecule has 1 aromatic rings. The molecule has 0 aliphatic rings. The van der Waals surface area contributed by atoms with Crippen molar-refractivity contribution in [2.45, 2.75) is 45.6 Å². The highest BCUT2D eigenvalue weighted by molar-refractivity contribution is 5.72. The first-order chi connectivity index (χ1) is 6.88. The van der Waals surface area contributed by atoms with Crippen LogP contribution in [-0.4, -0.2) is 10.9 Å². The lowest BCUT2D eigenvalue weighted by Crippen LogP contribution is -2.00. The summed E-state index contributed by atoms with van der Waals surface area (Å²) in [6, 6.07) is 3.79. The van der Waals surface area contributed by atoms with Crippen LogP contribution in [0.3, 0.4) is 0 Å². The van der Waals surface area contributed by atoms with Crippen molar-refractivity contribution in [3.05, 3.63) is 24.0 Å². The molecule has 78 valence electrons. The molecule has 0 radical (unpaired) electrons. The number of aromatic nitrogens is 1. The van der Waals surface area contributed by atoms with Gasteiger partial charge in [-0.15, -0.1) is 0 Å². The number of aldehydes is 1. The Labute approximate surface area is 85.9 Å². The quantitative estimate of drug-likeness (QED) is 0.481. The minimum Gasteiger partial charge on any atom is -0.345 e. The molecule has 0 spiro atoms. The van der Waals surface area contributed by atoms with Crippen LogP contribution in [0, 0.1) is 0 Å². The van der Waals surface area contributed by atoms with Crippen molar-refractivity contribution in [1.82, 2.24) is 4.57 Å². The van der Waals surface area contributed by atoms with Gasteiger partial charge in [0.2, 0.25) is 0 Å². The van der Waals surface area contributed by atoms with E-state index in [0.717, 1.165) is 18.5 Å². The molecule has 1 heterocycles. The molecule has 2 nitrogen and oxygen atoms in total. The normalized spacial score (nSPS) is 10.4. The van der Waals surface area contributed by atoms with Gasteiger partial charge in [-0.3, -0.25) is 4.79 Å². The van der Waals surface area contributed by atoms with Crippen LogP contribution in [0.1, 0.15) is 49.5 Å². The summed E-state index contributed by atoms with van der Waals surface area (Å²) in [6.45, 7) is 3.20. The van der Waals surface area contributed by atoms with E-state index >= 15 is 0 Å². The van der Waals surface area contributed by atoms with E-state index in [9.17, 15) is 4.79 Å². The zero-order chi connectivity index (χ0) is 10.2. The number of unbranched alkanes of at least 4 members (excludes halogenated alkanes) is 4. The second kappa shape index (κ2) is 6.41.